The molecule has 2 rings (SSSR count). The number of carboxylic acid groups (broad SMARTS) is 1. The summed E-state index contributed by atoms with van der Waals surface area (Å²) in [5.41, 5.74) is -0.339. The van der Waals surface area contributed by atoms with Crippen LogP contribution in [0.5, 0.6) is 0 Å². The van der Waals surface area contributed by atoms with Gasteiger partial charge in [0.2, 0.25) is 5.91 Å². The minimum atomic E-state index is -2.86. The first-order valence-corrected chi connectivity index (χ1v) is 9.38. The highest BCUT2D eigenvalue weighted by Crippen LogP contribution is 2.26. The lowest BCUT2D eigenvalue weighted by Crippen LogP contribution is -2.52. The van der Waals surface area contributed by atoms with Gasteiger partial charge in [0.15, 0.2) is 0 Å². The molecule has 0 radical (unpaired) electrons. The number of hydrogen-bond donors (Lipinski definition) is 3. The van der Waals surface area contributed by atoms with Gasteiger partial charge in [-0.2, -0.15) is 0 Å². The van der Waals surface area contributed by atoms with Gasteiger partial charge in [-0.15, -0.1) is 0 Å². The molecule has 2 aliphatic heterocycles. The Morgan fingerprint density at radius 1 is 1.27 bits per heavy atom. The van der Waals surface area contributed by atoms with Crippen LogP contribution in [-0.2, 0) is 19.4 Å². The van der Waals surface area contributed by atoms with Gasteiger partial charge >= 0.3 is 0 Å². The predicted octanol–water partition coefficient (Wildman–Crippen LogP) is 0.160. The van der Waals surface area contributed by atoms with Crippen LogP contribution in [0.25, 0.3) is 0 Å². The zero-order valence-electron chi connectivity index (χ0n) is 13.2. The molecule has 0 spiro atoms. The Kier molecular flexibility index (Phi) is 6.80. The molecule has 1 amide bonds. The Hall–Kier alpha value is -1.15. The summed E-state index contributed by atoms with van der Waals surface area (Å²) in [5.74, 6) is -0.362. The van der Waals surface area contributed by atoms with E-state index in [-0.39, 0.29) is 28.9 Å². The maximum atomic E-state index is 12.2. The topological polar surface area (TPSA) is 113 Å². The molecule has 0 aromatic rings. The van der Waals surface area contributed by atoms with E-state index < -0.39 is 15.8 Å². The van der Waals surface area contributed by atoms with Crippen LogP contribution in [0.4, 0.5) is 0 Å². The van der Waals surface area contributed by atoms with E-state index in [1.807, 2.05) is 6.92 Å². The van der Waals surface area contributed by atoms with Gasteiger partial charge in [0.1, 0.15) is 9.84 Å². The third-order valence-electron chi connectivity index (χ3n) is 4.04. The lowest BCUT2D eigenvalue weighted by Gasteiger charge is -2.35. The van der Waals surface area contributed by atoms with Gasteiger partial charge in [-0.3, -0.25) is 9.59 Å². The summed E-state index contributed by atoms with van der Waals surface area (Å²) < 4.78 is 22.6. The quantitative estimate of drug-likeness (QED) is 0.663. The van der Waals surface area contributed by atoms with Crippen molar-refractivity contribution < 1.29 is 23.1 Å². The minimum absolute atomic E-state index is 0.0276. The molecule has 0 aromatic carbocycles. The standard InChI is InChI=1S/C12H22N2O3S.C2H4O2/c1-12(5-2-6-13-9-12)11(15)14-10-3-7-18(16,17)8-4-10;1-2(3)4/h10,13H,2-9H2,1H3,(H,14,15);1H3,(H,3,4). The fourth-order valence-corrected chi connectivity index (χ4v) is 4.14. The van der Waals surface area contributed by atoms with Crippen molar-refractivity contribution in [2.24, 2.45) is 5.41 Å². The van der Waals surface area contributed by atoms with E-state index in [2.05, 4.69) is 10.6 Å². The Morgan fingerprint density at radius 2 is 1.82 bits per heavy atom. The highest BCUT2D eigenvalue weighted by Gasteiger charge is 2.36. The summed E-state index contributed by atoms with van der Waals surface area (Å²) in [6.07, 6.45) is 3.02. The molecule has 2 heterocycles. The molecule has 2 saturated heterocycles. The predicted molar refractivity (Wildman–Crippen MR) is 83.3 cm³/mol. The van der Waals surface area contributed by atoms with Crippen molar-refractivity contribution in [3.63, 3.8) is 0 Å². The zero-order chi connectivity index (χ0) is 16.8. The monoisotopic (exact) mass is 334 g/mol. The van der Waals surface area contributed by atoms with Gasteiger partial charge in [0.05, 0.1) is 16.9 Å². The number of nitrogens with one attached hydrogen (secondary N) is 2. The van der Waals surface area contributed by atoms with E-state index in [0.29, 0.717) is 19.4 Å². The molecule has 0 saturated carbocycles. The number of hydrogen-bond acceptors (Lipinski definition) is 5. The number of sulfone groups is 1. The third-order valence-corrected chi connectivity index (χ3v) is 5.75. The van der Waals surface area contributed by atoms with Crippen molar-refractivity contribution in [1.29, 1.82) is 0 Å². The van der Waals surface area contributed by atoms with Gasteiger partial charge in [0.25, 0.3) is 5.97 Å². The number of rotatable bonds is 2. The van der Waals surface area contributed by atoms with Crippen molar-refractivity contribution in [1.82, 2.24) is 10.6 Å². The summed E-state index contributed by atoms with van der Waals surface area (Å²) in [6, 6.07) is 0.0276. The fraction of sp³-hybridized carbons (Fsp3) is 0.857. The first-order chi connectivity index (χ1) is 10.1. The molecule has 1 unspecified atom stereocenters. The second-order valence-corrected chi connectivity index (χ2v) is 8.56. The number of carbonyl (C=O) groups excluding carboxylic acids is 1. The van der Waals surface area contributed by atoms with E-state index >= 15 is 0 Å². The first kappa shape index (κ1) is 18.9. The van der Waals surface area contributed by atoms with Crippen molar-refractivity contribution in [2.45, 2.75) is 45.6 Å². The van der Waals surface area contributed by atoms with Gasteiger partial charge < -0.3 is 15.7 Å². The van der Waals surface area contributed by atoms with Crippen LogP contribution in [0.15, 0.2) is 0 Å². The average molecular weight is 334 g/mol. The number of amides is 1. The van der Waals surface area contributed by atoms with Gasteiger partial charge in [-0.05, 0) is 39.2 Å². The van der Waals surface area contributed by atoms with Crippen LogP contribution in [0.3, 0.4) is 0 Å². The lowest BCUT2D eigenvalue weighted by molar-refractivity contribution is -0.134. The Bertz CT molecular complexity index is 479. The Labute approximate surface area is 131 Å². The van der Waals surface area contributed by atoms with E-state index in [9.17, 15) is 13.2 Å². The SMILES string of the molecule is CC(=O)O.CC1(C(=O)NC2CCS(=O)(=O)CC2)CCCNC1. The number of carbonyl (C=O) groups is 2. The Balaban J connectivity index is 0.000000541. The normalized spacial score (nSPS) is 28.1. The number of carboxylic acids is 1. The van der Waals surface area contributed by atoms with E-state index in [0.717, 1.165) is 26.3 Å². The van der Waals surface area contributed by atoms with Gasteiger partial charge in [-0.1, -0.05) is 0 Å². The van der Waals surface area contributed by atoms with E-state index in [4.69, 9.17) is 9.90 Å². The fourth-order valence-electron chi connectivity index (χ4n) is 2.64. The molecular weight excluding hydrogens is 308 g/mol. The van der Waals surface area contributed by atoms with E-state index in [1.165, 1.54) is 0 Å². The molecule has 2 fully saturated rings. The summed E-state index contributed by atoms with van der Waals surface area (Å²) >= 11 is 0. The highest BCUT2D eigenvalue weighted by atomic mass is 32.2. The first-order valence-electron chi connectivity index (χ1n) is 7.56. The molecule has 0 aromatic heterocycles. The number of piperidine rings is 1. The molecule has 7 nitrogen and oxygen atoms in total. The lowest BCUT2D eigenvalue weighted by atomic mass is 9.81. The number of aliphatic carboxylic acids is 1. The minimum Gasteiger partial charge on any atom is -0.481 e. The largest absolute Gasteiger partial charge is 0.481 e. The molecule has 22 heavy (non-hydrogen) atoms. The van der Waals surface area contributed by atoms with Gasteiger partial charge in [-0.25, -0.2) is 8.42 Å². The maximum absolute atomic E-state index is 12.2. The smallest absolute Gasteiger partial charge is 0.300 e. The summed E-state index contributed by atoms with van der Waals surface area (Å²) in [6.45, 7) is 4.75. The summed E-state index contributed by atoms with van der Waals surface area (Å²) in [7, 11) is -2.86. The van der Waals surface area contributed by atoms with E-state index in [1.54, 1.807) is 0 Å². The van der Waals surface area contributed by atoms with Crippen molar-refractivity contribution >= 4 is 21.7 Å². The summed E-state index contributed by atoms with van der Waals surface area (Å²) in [4.78, 5) is 21.2. The molecule has 128 valence electrons. The molecule has 0 bridgehead atoms. The van der Waals surface area contributed by atoms with Crippen molar-refractivity contribution in [3.05, 3.63) is 0 Å². The average Bonchev–Trinajstić information content (AvgIpc) is 2.41. The Morgan fingerprint density at radius 3 is 2.27 bits per heavy atom. The molecule has 8 heteroatoms. The molecule has 3 N–H and O–H groups in total. The van der Waals surface area contributed by atoms with Crippen LogP contribution in [-0.4, -0.2) is 56.0 Å². The second kappa shape index (κ2) is 7.92. The highest BCUT2D eigenvalue weighted by molar-refractivity contribution is 7.91. The molecule has 0 aliphatic carbocycles. The second-order valence-electron chi connectivity index (χ2n) is 6.26. The maximum Gasteiger partial charge on any atom is 0.300 e. The van der Waals surface area contributed by atoms with Crippen LogP contribution in [0.2, 0.25) is 0 Å². The zero-order valence-corrected chi connectivity index (χ0v) is 14.0. The van der Waals surface area contributed by atoms with Crippen molar-refractivity contribution in [3.8, 4) is 0 Å². The summed E-state index contributed by atoms with van der Waals surface area (Å²) in [5, 5.41) is 13.7. The third kappa shape index (κ3) is 6.31. The van der Waals surface area contributed by atoms with Crippen LogP contribution in [0, 0.1) is 5.41 Å². The van der Waals surface area contributed by atoms with Gasteiger partial charge in [0, 0.05) is 19.5 Å². The van der Waals surface area contributed by atoms with Crippen LogP contribution in [0.1, 0.15) is 39.5 Å². The molecule has 1 atom stereocenters. The molecule has 2 aliphatic rings. The molecular formula is C14H26N2O5S. The van der Waals surface area contributed by atoms with Crippen LogP contribution >= 0.6 is 0 Å². The van der Waals surface area contributed by atoms with Crippen molar-refractivity contribution in [2.75, 3.05) is 24.6 Å². The van der Waals surface area contributed by atoms with Crippen LogP contribution < -0.4 is 10.6 Å².